The fourth-order valence-corrected chi connectivity index (χ4v) is 2.20. The molecular weight excluding hydrogens is 194 g/mol. The van der Waals surface area contributed by atoms with Crippen molar-refractivity contribution in [2.24, 2.45) is 5.92 Å². The average molecular weight is 211 g/mol. The molecule has 0 aromatic carbocycles. The molecule has 0 amide bonds. The molecule has 0 spiro atoms. The predicted molar refractivity (Wildman–Crippen MR) is 60.0 cm³/mol. The van der Waals surface area contributed by atoms with Gasteiger partial charge in [-0.1, -0.05) is 13.8 Å². The number of nitrogens with zero attached hydrogens (tertiary/aromatic N) is 1. The van der Waals surface area contributed by atoms with Crippen LogP contribution in [0.2, 0.25) is 0 Å². The molecule has 0 saturated heterocycles. The summed E-state index contributed by atoms with van der Waals surface area (Å²) in [5.74, 6) is 0.811. The highest BCUT2D eigenvalue weighted by Crippen LogP contribution is 2.20. The van der Waals surface area contributed by atoms with Crippen molar-refractivity contribution in [2.45, 2.75) is 40.5 Å². The Morgan fingerprint density at radius 1 is 1.50 bits per heavy atom. The van der Waals surface area contributed by atoms with Gasteiger partial charge in [0, 0.05) is 6.92 Å². The summed E-state index contributed by atoms with van der Waals surface area (Å²) >= 11 is 1.51. The van der Waals surface area contributed by atoms with Crippen LogP contribution < -0.4 is 0 Å². The summed E-state index contributed by atoms with van der Waals surface area (Å²) in [7, 11) is 0. The lowest BCUT2D eigenvalue weighted by molar-refractivity contribution is 0.102. The molecule has 1 heterocycles. The van der Waals surface area contributed by atoms with Gasteiger partial charge < -0.3 is 0 Å². The predicted octanol–water partition coefficient (Wildman–Crippen LogP) is 3.24. The summed E-state index contributed by atoms with van der Waals surface area (Å²) in [6, 6.07) is 0. The molecule has 0 bridgehead atoms. The Morgan fingerprint density at radius 3 is 2.64 bits per heavy atom. The number of aryl methyl sites for hydroxylation is 2. The van der Waals surface area contributed by atoms with Crippen molar-refractivity contribution in [3.63, 3.8) is 0 Å². The zero-order valence-electron chi connectivity index (χ0n) is 9.26. The molecule has 0 N–H and O–H groups in total. The first kappa shape index (κ1) is 11.4. The van der Waals surface area contributed by atoms with E-state index in [9.17, 15) is 4.79 Å². The highest BCUT2D eigenvalue weighted by molar-refractivity contribution is 7.13. The van der Waals surface area contributed by atoms with Crippen molar-refractivity contribution < 1.29 is 4.79 Å². The van der Waals surface area contributed by atoms with Gasteiger partial charge in [-0.25, -0.2) is 4.98 Å². The lowest BCUT2D eigenvalue weighted by Crippen LogP contribution is -1.98. The smallest absolute Gasteiger partial charge is 0.171 e. The maximum Gasteiger partial charge on any atom is 0.171 e. The summed E-state index contributed by atoms with van der Waals surface area (Å²) in [4.78, 5) is 16.5. The van der Waals surface area contributed by atoms with Crippen LogP contribution in [0.15, 0.2) is 0 Å². The summed E-state index contributed by atoms with van der Waals surface area (Å²) in [5.41, 5.74) is 0.994. The van der Waals surface area contributed by atoms with Crippen LogP contribution in [0.4, 0.5) is 0 Å². The number of Topliss-reactive ketones (excluding diaryl/α,β-unsaturated/α-hetero) is 1. The first-order valence-corrected chi connectivity index (χ1v) is 5.79. The quantitative estimate of drug-likeness (QED) is 0.716. The average Bonchev–Trinajstić information content (AvgIpc) is 2.43. The van der Waals surface area contributed by atoms with E-state index in [0.29, 0.717) is 5.92 Å². The molecule has 0 fully saturated rings. The van der Waals surface area contributed by atoms with Gasteiger partial charge in [0.2, 0.25) is 0 Å². The van der Waals surface area contributed by atoms with Crippen LogP contribution in [-0.2, 0) is 6.42 Å². The van der Waals surface area contributed by atoms with Crippen LogP contribution in [-0.4, -0.2) is 10.8 Å². The number of ketones is 1. The van der Waals surface area contributed by atoms with Crippen LogP contribution in [0.5, 0.6) is 0 Å². The van der Waals surface area contributed by atoms with Crippen molar-refractivity contribution in [1.82, 2.24) is 4.98 Å². The Balaban J connectivity index is 2.79. The van der Waals surface area contributed by atoms with E-state index in [2.05, 4.69) is 18.8 Å². The number of thiazole rings is 1. The highest BCUT2D eigenvalue weighted by Gasteiger charge is 2.12. The molecule has 3 heteroatoms. The van der Waals surface area contributed by atoms with Crippen molar-refractivity contribution in [3.05, 3.63) is 15.6 Å². The Hall–Kier alpha value is -0.700. The third-order valence-electron chi connectivity index (χ3n) is 2.08. The van der Waals surface area contributed by atoms with Gasteiger partial charge in [-0.2, -0.15) is 0 Å². The summed E-state index contributed by atoms with van der Waals surface area (Å²) in [6.45, 7) is 7.95. The Kier molecular flexibility index (Phi) is 3.81. The molecule has 0 saturated carbocycles. The first-order chi connectivity index (χ1) is 6.50. The van der Waals surface area contributed by atoms with E-state index in [0.717, 1.165) is 28.4 Å². The molecule has 0 aliphatic heterocycles. The summed E-state index contributed by atoms with van der Waals surface area (Å²) in [5, 5.41) is 0.994. The van der Waals surface area contributed by atoms with Crippen LogP contribution >= 0.6 is 11.3 Å². The number of carbonyl (C=O) groups excluding carboxylic acids is 1. The van der Waals surface area contributed by atoms with E-state index in [4.69, 9.17) is 0 Å². The molecule has 0 unspecified atom stereocenters. The summed E-state index contributed by atoms with van der Waals surface area (Å²) < 4.78 is 0. The van der Waals surface area contributed by atoms with E-state index in [1.165, 1.54) is 11.3 Å². The number of carbonyl (C=O) groups is 1. The fraction of sp³-hybridized carbons (Fsp3) is 0.636. The lowest BCUT2D eigenvalue weighted by Gasteiger charge is -2.02. The van der Waals surface area contributed by atoms with Gasteiger partial charge in [-0.15, -0.1) is 11.3 Å². The lowest BCUT2D eigenvalue weighted by atomic mass is 10.1. The maximum atomic E-state index is 11.3. The van der Waals surface area contributed by atoms with E-state index in [1.54, 1.807) is 6.92 Å². The van der Waals surface area contributed by atoms with E-state index in [-0.39, 0.29) is 5.78 Å². The van der Waals surface area contributed by atoms with Crippen molar-refractivity contribution in [2.75, 3.05) is 0 Å². The molecule has 0 radical (unpaired) electrons. The van der Waals surface area contributed by atoms with Gasteiger partial charge in [0.05, 0.1) is 15.6 Å². The Labute approximate surface area is 89.4 Å². The van der Waals surface area contributed by atoms with E-state index in [1.807, 2.05) is 6.92 Å². The van der Waals surface area contributed by atoms with Crippen LogP contribution in [0.1, 0.15) is 47.6 Å². The number of rotatable bonds is 4. The number of hydrogen-bond donors (Lipinski definition) is 0. The number of hydrogen-bond acceptors (Lipinski definition) is 3. The molecule has 2 nitrogen and oxygen atoms in total. The van der Waals surface area contributed by atoms with Gasteiger partial charge in [0.1, 0.15) is 0 Å². The van der Waals surface area contributed by atoms with Crippen molar-refractivity contribution >= 4 is 17.1 Å². The highest BCUT2D eigenvalue weighted by atomic mass is 32.1. The second-order valence-electron chi connectivity index (χ2n) is 4.00. The van der Waals surface area contributed by atoms with Gasteiger partial charge in [-0.05, 0) is 25.7 Å². The Morgan fingerprint density at radius 2 is 2.14 bits per heavy atom. The van der Waals surface area contributed by atoms with Crippen molar-refractivity contribution in [1.29, 1.82) is 0 Å². The monoisotopic (exact) mass is 211 g/mol. The van der Waals surface area contributed by atoms with Gasteiger partial charge in [0.15, 0.2) is 5.78 Å². The first-order valence-electron chi connectivity index (χ1n) is 4.98. The minimum absolute atomic E-state index is 0.148. The molecule has 78 valence electrons. The van der Waals surface area contributed by atoms with Crippen LogP contribution in [0, 0.1) is 12.8 Å². The van der Waals surface area contributed by atoms with E-state index < -0.39 is 0 Å². The second kappa shape index (κ2) is 4.69. The van der Waals surface area contributed by atoms with Crippen molar-refractivity contribution in [3.8, 4) is 0 Å². The fourth-order valence-electron chi connectivity index (χ4n) is 1.34. The molecule has 1 aromatic rings. The Bertz CT molecular complexity index is 328. The van der Waals surface area contributed by atoms with Gasteiger partial charge in [0.25, 0.3) is 0 Å². The van der Waals surface area contributed by atoms with Crippen LogP contribution in [0.3, 0.4) is 0 Å². The maximum absolute atomic E-state index is 11.3. The zero-order chi connectivity index (χ0) is 10.7. The zero-order valence-corrected chi connectivity index (χ0v) is 10.1. The molecule has 0 aliphatic rings. The molecule has 0 atom stereocenters. The third-order valence-corrected chi connectivity index (χ3v) is 3.20. The molecule has 1 aromatic heterocycles. The van der Waals surface area contributed by atoms with Gasteiger partial charge in [-0.3, -0.25) is 4.79 Å². The molecule has 1 rings (SSSR count). The summed E-state index contributed by atoms with van der Waals surface area (Å²) in [6.07, 6.45) is 2.03. The molecular formula is C11H17NOS. The molecule has 14 heavy (non-hydrogen) atoms. The molecule has 0 aliphatic carbocycles. The van der Waals surface area contributed by atoms with E-state index >= 15 is 0 Å². The van der Waals surface area contributed by atoms with Crippen LogP contribution in [0.25, 0.3) is 0 Å². The SMILES string of the molecule is CC(=O)c1sc(C)nc1CCC(C)C. The van der Waals surface area contributed by atoms with Gasteiger partial charge >= 0.3 is 0 Å². The normalized spacial score (nSPS) is 10.9. The second-order valence-corrected chi connectivity index (χ2v) is 5.20. The standard InChI is InChI=1S/C11H17NOS/c1-7(2)5-6-10-11(8(3)13)14-9(4)12-10/h7H,5-6H2,1-4H3. The minimum Gasteiger partial charge on any atom is -0.294 e. The largest absolute Gasteiger partial charge is 0.294 e. The topological polar surface area (TPSA) is 30.0 Å². The minimum atomic E-state index is 0.148. The third kappa shape index (κ3) is 2.91. The number of aromatic nitrogens is 1.